The number of rotatable bonds is 3. The van der Waals surface area contributed by atoms with Crippen molar-refractivity contribution in [3.8, 4) is 22.6 Å². The molecule has 0 heterocycles. The number of halogens is 1. The Morgan fingerprint density at radius 3 is 2.28 bits per heavy atom. The molecule has 0 atom stereocenters. The van der Waals surface area contributed by atoms with E-state index in [0.717, 1.165) is 11.1 Å². The Kier molecular flexibility index (Phi) is 3.37. The molecule has 94 valence electrons. The van der Waals surface area contributed by atoms with Gasteiger partial charge in [-0.15, -0.1) is 0 Å². The zero-order valence-electron chi connectivity index (χ0n) is 10.2. The predicted octanol–water partition coefficient (Wildman–Crippen LogP) is 3.09. The molecule has 2 N–H and O–H groups in total. The number of methoxy groups -OCH3 is 2. The van der Waals surface area contributed by atoms with Gasteiger partial charge in [0.2, 0.25) is 0 Å². The smallest absolute Gasteiger partial charge is 0.161 e. The zero-order valence-corrected chi connectivity index (χ0v) is 10.2. The number of nitrogens with two attached hydrogens (primary N) is 1. The summed E-state index contributed by atoms with van der Waals surface area (Å²) < 4.78 is 23.4. The number of hydrogen-bond donors (Lipinski definition) is 1. The van der Waals surface area contributed by atoms with Gasteiger partial charge in [0.25, 0.3) is 0 Å². The second kappa shape index (κ2) is 4.96. The third-order valence-electron chi connectivity index (χ3n) is 2.71. The first kappa shape index (κ1) is 12.2. The van der Waals surface area contributed by atoms with Gasteiger partial charge in [-0.25, -0.2) is 4.39 Å². The van der Waals surface area contributed by atoms with E-state index in [1.54, 1.807) is 26.4 Å². The summed E-state index contributed by atoms with van der Waals surface area (Å²) >= 11 is 0. The molecule has 0 aliphatic rings. The molecule has 2 rings (SSSR count). The Balaban J connectivity index is 2.51. The van der Waals surface area contributed by atoms with Gasteiger partial charge in [-0.1, -0.05) is 6.07 Å². The maximum atomic E-state index is 13.0. The first-order chi connectivity index (χ1) is 8.65. The Bertz CT molecular complexity index is 570. The quantitative estimate of drug-likeness (QED) is 0.848. The maximum Gasteiger partial charge on any atom is 0.161 e. The van der Waals surface area contributed by atoms with Crippen LogP contribution < -0.4 is 15.2 Å². The Hall–Kier alpha value is -2.23. The van der Waals surface area contributed by atoms with E-state index in [2.05, 4.69) is 0 Å². The van der Waals surface area contributed by atoms with Gasteiger partial charge in [-0.2, -0.15) is 0 Å². The minimum atomic E-state index is -0.350. The summed E-state index contributed by atoms with van der Waals surface area (Å²) in [5.41, 5.74) is 7.81. The van der Waals surface area contributed by atoms with Crippen LogP contribution in [0.25, 0.3) is 11.1 Å². The molecule has 0 saturated heterocycles. The van der Waals surface area contributed by atoms with E-state index in [4.69, 9.17) is 15.2 Å². The molecule has 0 radical (unpaired) electrons. The van der Waals surface area contributed by atoms with E-state index in [9.17, 15) is 4.39 Å². The fraction of sp³-hybridized carbons (Fsp3) is 0.143. The number of ether oxygens (including phenoxy) is 2. The van der Waals surface area contributed by atoms with E-state index in [1.807, 2.05) is 12.1 Å². The molecule has 0 amide bonds. The summed E-state index contributed by atoms with van der Waals surface area (Å²) in [4.78, 5) is 0. The van der Waals surface area contributed by atoms with Crippen LogP contribution in [-0.2, 0) is 0 Å². The highest BCUT2D eigenvalue weighted by atomic mass is 19.1. The second-order valence-electron chi connectivity index (χ2n) is 3.80. The minimum absolute atomic E-state index is 0.350. The van der Waals surface area contributed by atoms with Crippen molar-refractivity contribution in [3.63, 3.8) is 0 Å². The SMILES string of the molecule is COc1ccc(-c2ccc(F)cc2N)cc1OC. The highest BCUT2D eigenvalue weighted by Crippen LogP contribution is 2.34. The van der Waals surface area contributed by atoms with Gasteiger partial charge in [0, 0.05) is 11.3 Å². The number of nitrogen functional groups attached to an aromatic ring is 1. The van der Waals surface area contributed by atoms with Crippen LogP contribution in [0.3, 0.4) is 0 Å². The van der Waals surface area contributed by atoms with Gasteiger partial charge < -0.3 is 15.2 Å². The molecule has 0 aliphatic heterocycles. The van der Waals surface area contributed by atoms with Crippen molar-refractivity contribution in [2.24, 2.45) is 0 Å². The fourth-order valence-electron chi connectivity index (χ4n) is 1.80. The van der Waals surface area contributed by atoms with Crippen molar-refractivity contribution >= 4 is 5.69 Å². The lowest BCUT2D eigenvalue weighted by Gasteiger charge is -2.11. The molecule has 0 fully saturated rings. The second-order valence-corrected chi connectivity index (χ2v) is 3.80. The van der Waals surface area contributed by atoms with Crippen molar-refractivity contribution in [3.05, 3.63) is 42.2 Å². The summed E-state index contributed by atoms with van der Waals surface area (Å²) in [6, 6.07) is 9.77. The molecule has 0 spiro atoms. The molecular weight excluding hydrogens is 233 g/mol. The van der Waals surface area contributed by atoms with Gasteiger partial charge in [0.15, 0.2) is 11.5 Å². The summed E-state index contributed by atoms with van der Waals surface area (Å²) in [5.74, 6) is 0.900. The monoisotopic (exact) mass is 247 g/mol. The van der Waals surface area contributed by atoms with Gasteiger partial charge >= 0.3 is 0 Å². The van der Waals surface area contributed by atoms with Crippen LogP contribution in [0.15, 0.2) is 36.4 Å². The molecular formula is C14H14FNO2. The van der Waals surface area contributed by atoms with Crippen molar-refractivity contribution in [2.45, 2.75) is 0 Å². The van der Waals surface area contributed by atoms with Crippen molar-refractivity contribution in [1.82, 2.24) is 0 Å². The van der Waals surface area contributed by atoms with E-state index in [0.29, 0.717) is 17.2 Å². The maximum absolute atomic E-state index is 13.0. The average Bonchev–Trinajstić information content (AvgIpc) is 2.38. The first-order valence-electron chi connectivity index (χ1n) is 5.43. The summed E-state index contributed by atoms with van der Waals surface area (Å²) in [7, 11) is 3.14. The number of hydrogen-bond acceptors (Lipinski definition) is 3. The van der Waals surface area contributed by atoms with Crippen LogP contribution in [-0.4, -0.2) is 14.2 Å². The van der Waals surface area contributed by atoms with E-state index in [1.165, 1.54) is 12.1 Å². The normalized spacial score (nSPS) is 10.2. The molecule has 2 aromatic rings. The van der Waals surface area contributed by atoms with Crippen LogP contribution in [0.2, 0.25) is 0 Å². The van der Waals surface area contributed by atoms with Crippen molar-refractivity contribution in [2.75, 3.05) is 20.0 Å². The average molecular weight is 247 g/mol. The molecule has 0 unspecified atom stereocenters. The topological polar surface area (TPSA) is 44.5 Å². The molecule has 0 aliphatic carbocycles. The summed E-state index contributed by atoms with van der Waals surface area (Å²) in [6.07, 6.45) is 0. The Morgan fingerprint density at radius 1 is 0.944 bits per heavy atom. The lowest BCUT2D eigenvalue weighted by molar-refractivity contribution is 0.355. The minimum Gasteiger partial charge on any atom is -0.493 e. The molecule has 0 saturated carbocycles. The molecule has 0 aromatic heterocycles. The van der Waals surface area contributed by atoms with Crippen LogP contribution in [0.1, 0.15) is 0 Å². The highest BCUT2D eigenvalue weighted by Gasteiger charge is 2.08. The molecule has 4 heteroatoms. The van der Waals surface area contributed by atoms with Crippen molar-refractivity contribution in [1.29, 1.82) is 0 Å². The predicted molar refractivity (Wildman–Crippen MR) is 69.4 cm³/mol. The third-order valence-corrected chi connectivity index (χ3v) is 2.71. The van der Waals surface area contributed by atoms with Crippen LogP contribution in [0, 0.1) is 5.82 Å². The molecule has 3 nitrogen and oxygen atoms in total. The fourth-order valence-corrected chi connectivity index (χ4v) is 1.80. The summed E-state index contributed by atoms with van der Waals surface area (Å²) in [6.45, 7) is 0. The van der Waals surface area contributed by atoms with E-state index < -0.39 is 0 Å². The summed E-state index contributed by atoms with van der Waals surface area (Å²) in [5, 5.41) is 0. The van der Waals surface area contributed by atoms with Gasteiger partial charge in [0.1, 0.15) is 5.82 Å². The third kappa shape index (κ3) is 2.22. The van der Waals surface area contributed by atoms with E-state index >= 15 is 0 Å². The van der Waals surface area contributed by atoms with E-state index in [-0.39, 0.29) is 5.82 Å². The zero-order chi connectivity index (χ0) is 13.1. The lowest BCUT2D eigenvalue weighted by Crippen LogP contribution is -1.94. The lowest BCUT2D eigenvalue weighted by atomic mass is 10.0. The molecule has 2 aromatic carbocycles. The van der Waals surface area contributed by atoms with Crippen LogP contribution in [0.5, 0.6) is 11.5 Å². The first-order valence-corrected chi connectivity index (χ1v) is 5.43. The standard InChI is InChI=1S/C14H14FNO2/c1-17-13-6-3-9(7-14(13)18-2)11-5-4-10(15)8-12(11)16/h3-8H,16H2,1-2H3. The molecule has 18 heavy (non-hydrogen) atoms. The Labute approximate surface area is 105 Å². The van der Waals surface area contributed by atoms with Gasteiger partial charge in [-0.05, 0) is 35.9 Å². The largest absolute Gasteiger partial charge is 0.493 e. The van der Waals surface area contributed by atoms with Crippen LogP contribution >= 0.6 is 0 Å². The van der Waals surface area contributed by atoms with Crippen molar-refractivity contribution < 1.29 is 13.9 Å². The van der Waals surface area contributed by atoms with Gasteiger partial charge in [0.05, 0.1) is 14.2 Å². The highest BCUT2D eigenvalue weighted by molar-refractivity contribution is 5.77. The Morgan fingerprint density at radius 2 is 1.67 bits per heavy atom. The van der Waals surface area contributed by atoms with Crippen LogP contribution in [0.4, 0.5) is 10.1 Å². The molecule has 0 bridgehead atoms. The van der Waals surface area contributed by atoms with Gasteiger partial charge in [-0.3, -0.25) is 0 Å². The number of benzene rings is 2. The number of anilines is 1.